The number of hydrogen-bond acceptors (Lipinski definition) is 3. The Hall–Kier alpha value is 0.170. The lowest BCUT2D eigenvalue weighted by Crippen LogP contribution is -2.45. The van der Waals surface area contributed by atoms with Crippen LogP contribution < -0.4 is 5.32 Å². The number of nitrogens with zero attached hydrogens (tertiary/aromatic N) is 1. The van der Waals surface area contributed by atoms with E-state index in [2.05, 4.69) is 24.1 Å². The summed E-state index contributed by atoms with van der Waals surface area (Å²) in [6, 6.07) is 0. The van der Waals surface area contributed by atoms with Gasteiger partial charge in [0.2, 0.25) is 0 Å². The lowest BCUT2D eigenvalue weighted by Gasteiger charge is -2.28. The fourth-order valence-corrected chi connectivity index (χ4v) is 1.51. The van der Waals surface area contributed by atoms with Gasteiger partial charge in [0.25, 0.3) is 0 Å². The molecule has 0 aromatic carbocycles. The molecule has 1 fully saturated rings. The minimum Gasteiger partial charge on any atom is -0.374 e. The molecule has 1 aliphatic rings. The van der Waals surface area contributed by atoms with Crippen molar-refractivity contribution >= 4 is 12.4 Å². The second kappa shape index (κ2) is 7.56. The second-order valence-corrected chi connectivity index (χ2v) is 3.18. The van der Waals surface area contributed by atoms with Crippen LogP contribution in [0.5, 0.6) is 0 Å². The molecular weight excluding hydrogens is 188 g/mol. The van der Waals surface area contributed by atoms with E-state index in [0.29, 0.717) is 6.10 Å². The van der Waals surface area contributed by atoms with Crippen LogP contribution in [0.3, 0.4) is 0 Å². The molecule has 1 aliphatic heterocycles. The summed E-state index contributed by atoms with van der Waals surface area (Å²) >= 11 is 0. The molecule has 13 heavy (non-hydrogen) atoms. The molecule has 1 rings (SSSR count). The fourth-order valence-electron chi connectivity index (χ4n) is 1.51. The Balaban J connectivity index is 0.00000144. The van der Waals surface area contributed by atoms with Gasteiger partial charge >= 0.3 is 0 Å². The Bertz CT molecular complexity index is 114. The van der Waals surface area contributed by atoms with Gasteiger partial charge in [-0.25, -0.2) is 0 Å². The summed E-state index contributed by atoms with van der Waals surface area (Å²) in [4.78, 5) is 2.40. The predicted molar refractivity (Wildman–Crippen MR) is 57.6 cm³/mol. The van der Waals surface area contributed by atoms with Crippen molar-refractivity contribution < 1.29 is 4.74 Å². The summed E-state index contributed by atoms with van der Waals surface area (Å²) in [5.41, 5.74) is 0. The molecule has 1 atom stereocenters. The van der Waals surface area contributed by atoms with Crippen molar-refractivity contribution in [2.24, 2.45) is 0 Å². The van der Waals surface area contributed by atoms with Crippen molar-refractivity contribution in [1.82, 2.24) is 10.2 Å². The van der Waals surface area contributed by atoms with Gasteiger partial charge in [0.1, 0.15) is 0 Å². The molecule has 0 aliphatic carbocycles. The fraction of sp³-hybridized carbons (Fsp3) is 1.00. The van der Waals surface area contributed by atoms with E-state index < -0.39 is 0 Å². The standard InChI is InChI=1S/C9H20N2O.ClH/c1-3-11(4-2)8-9-7-10-5-6-12-9;/h9-10H,3-8H2,1-2H3;1H. The van der Waals surface area contributed by atoms with E-state index in [4.69, 9.17) is 4.74 Å². The summed E-state index contributed by atoms with van der Waals surface area (Å²) in [5, 5.41) is 3.34. The smallest absolute Gasteiger partial charge is 0.0826 e. The van der Waals surface area contributed by atoms with Gasteiger partial charge in [-0.2, -0.15) is 0 Å². The number of hydrogen-bond donors (Lipinski definition) is 1. The first-order valence-electron chi connectivity index (χ1n) is 4.91. The summed E-state index contributed by atoms with van der Waals surface area (Å²) in [6.45, 7) is 10.6. The highest BCUT2D eigenvalue weighted by atomic mass is 35.5. The van der Waals surface area contributed by atoms with Crippen LogP contribution in [0.2, 0.25) is 0 Å². The average Bonchev–Trinajstić information content (AvgIpc) is 2.16. The molecule has 1 saturated heterocycles. The average molecular weight is 209 g/mol. The molecule has 0 bridgehead atoms. The third-order valence-corrected chi connectivity index (χ3v) is 2.36. The van der Waals surface area contributed by atoms with Crippen LogP contribution >= 0.6 is 12.4 Å². The van der Waals surface area contributed by atoms with E-state index in [1.54, 1.807) is 0 Å². The van der Waals surface area contributed by atoms with Gasteiger partial charge in [-0.15, -0.1) is 12.4 Å². The predicted octanol–water partition coefficient (Wildman–Crippen LogP) is 0.738. The first-order chi connectivity index (χ1) is 5.86. The minimum absolute atomic E-state index is 0. The Morgan fingerprint density at radius 3 is 2.54 bits per heavy atom. The molecular formula is C9H21ClN2O. The maximum absolute atomic E-state index is 5.61. The van der Waals surface area contributed by atoms with Gasteiger partial charge in [-0.3, -0.25) is 0 Å². The van der Waals surface area contributed by atoms with E-state index in [1.807, 2.05) is 0 Å². The van der Waals surface area contributed by atoms with Crippen LogP contribution in [-0.4, -0.2) is 50.3 Å². The van der Waals surface area contributed by atoms with E-state index in [-0.39, 0.29) is 12.4 Å². The highest BCUT2D eigenvalue weighted by Crippen LogP contribution is 1.99. The summed E-state index contributed by atoms with van der Waals surface area (Å²) < 4.78 is 5.61. The maximum atomic E-state index is 5.61. The highest BCUT2D eigenvalue weighted by molar-refractivity contribution is 5.85. The zero-order valence-corrected chi connectivity index (χ0v) is 9.40. The number of halogens is 1. The third-order valence-electron chi connectivity index (χ3n) is 2.36. The zero-order chi connectivity index (χ0) is 8.81. The molecule has 0 spiro atoms. The molecule has 3 nitrogen and oxygen atoms in total. The normalized spacial score (nSPS) is 22.8. The van der Waals surface area contributed by atoms with Crippen LogP contribution in [0.15, 0.2) is 0 Å². The first-order valence-corrected chi connectivity index (χ1v) is 4.91. The van der Waals surface area contributed by atoms with Crippen LogP contribution in [0.1, 0.15) is 13.8 Å². The SMILES string of the molecule is CCN(CC)CC1CNCCO1.Cl. The molecule has 0 saturated carbocycles. The van der Waals surface area contributed by atoms with Crippen LogP contribution in [-0.2, 0) is 4.74 Å². The number of likely N-dealkylation sites (N-methyl/N-ethyl adjacent to an activating group) is 1. The Morgan fingerprint density at radius 1 is 1.38 bits per heavy atom. The van der Waals surface area contributed by atoms with Gasteiger partial charge in [0, 0.05) is 19.6 Å². The van der Waals surface area contributed by atoms with Gasteiger partial charge in [0.15, 0.2) is 0 Å². The first kappa shape index (κ1) is 13.2. The molecule has 1 unspecified atom stereocenters. The van der Waals surface area contributed by atoms with Gasteiger partial charge in [-0.05, 0) is 13.1 Å². The number of rotatable bonds is 4. The van der Waals surface area contributed by atoms with Crippen molar-refractivity contribution in [2.45, 2.75) is 20.0 Å². The number of morpholine rings is 1. The quantitative estimate of drug-likeness (QED) is 0.738. The van der Waals surface area contributed by atoms with Crippen molar-refractivity contribution in [1.29, 1.82) is 0 Å². The topological polar surface area (TPSA) is 24.5 Å². The third kappa shape index (κ3) is 4.81. The Labute approximate surface area is 87.2 Å². The monoisotopic (exact) mass is 208 g/mol. The van der Waals surface area contributed by atoms with Gasteiger partial charge in [-0.1, -0.05) is 13.8 Å². The van der Waals surface area contributed by atoms with Crippen LogP contribution in [0, 0.1) is 0 Å². The van der Waals surface area contributed by atoms with Crippen LogP contribution in [0.4, 0.5) is 0 Å². The van der Waals surface area contributed by atoms with E-state index >= 15 is 0 Å². The molecule has 1 heterocycles. The van der Waals surface area contributed by atoms with E-state index in [1.165, 1.54) is 0 Å². The van der Waals surface area contributed by atoms with Gasteiger partial charge in [0.05, 0.1) is 12.7 Å². The molecule has 0 aromatic heterocycles. The Morgan fingerprint density at radius 2 is 2.08 bits per heavy atom. The lowest BCUT2D eigenvalue weighted by atomic mass is 10.3. The molecule has 0 radical (unpaired) electrons. The zero-order valence-electron chi connectivity index (χ0n) is 8.58. The second-order valence-electron chi connectivity index (χ2n) is 3.18. The summed E-state index contributed by atoms with van der Waals surface area (Å²) in [5.74, 6) is 0. The van der Waals surface area contributed by atoms with E-state index in [9.17, 15) is 0 Å². The molecule has 4 heteroatoms. The van der Waals surface area contributed by atoms with Gasteiger partial charge < -0.3 is 15.0 Å². The van der Waals surface area contributed by atoms with Crippen LogP contribution in [0.25, 0.3) is 0 Å². The molecule has 1 N–H and O–H groups in total. The van der Waals surface area contributed by atoms with Crippen molar-refractivity contribution in [3.05, 3.63) is 0 Å². The summed E-state index contributed by atoms with van der Waals surface area (Å²) in [7, 11) is 0. The van der Waals surface area contributed by atoms with Crippen molar-refractivity contribution in [3.63, 3.8) is 0 Å². The summed E-state index contributed by atoms with van der Waals surface area (Å²) in [6.07, 6.45) is 0.402. The molecule has 0 amide bonds. The molecule has 0 aromatic rings. The Kier molecular flexibility index (Phi) is 7.66. The number of nitrogens with one attached hydrogen (secondary N) is 1. The highest BCUT2D eigenvalue weighted by Gasteiger charge is 2.15. The largest absolute Gasteiger partial charge is 0.374 e. The lowest BCUT2D eigenvalue weighted by molar-refractivity contribution is 0.00735. The number of ether oxygens (including phenoxy) is 1. The molecule has 80 valence electrons. The van der Waals surface area contributed by atoms with E-state index in [0.717, 1.165) is 39.3 Å². The van der Waals surface area contributed by atoms with Crippen molar-refractivity contribution in [3.8, 4) is 0 Å². The minimum atomic E-state index is 0. The van der Waals surface area contributed by atoms with Crippen molar-refractivity contribution in [2.75, 3.05) is 39.3 Å². The maximum Gasteiger partial charge on any atom is 0.0826 e.